The molecule has 0 N–H and O–H groups in total. The summed E-state index contributed by atoms with van der Waals surface area (Å²) in [7, 11) is 3.03. The fourth-order valence-corrected chi connectivity index (χ4v) is 2.03. The van der Waals surface area contributed by atoms with Gasteiger partial charge >= 0.3 is 0 Å². The summed E-state index contributed by atoms with van der Waals surface area (Å²) in [5.41, 5.74) is 0.538. The van der Waals surface area contributed by atoms with E-state index in [0.29, 0.717) is 10.6 Å². The average Bonchev–Trinajstić information content (AvgIpc) is 1.77. The van der Waals surface area contributed by atoms with Crippen LogP contribution in [0.1, 0.15) is 46.5 Å². The molecule has 68 valence electrons. The molecule has 1 saturated carbocycles. The maximum atomic E-state index is 3.03. The van der Waals surface area contributed by atoms with Gasteiger partial charge in [-0.05, 0) is 23.4 Å². The molecule has 0 aliphatic heterocycles. The monoisotopic (exact) mass is 238 g/mol. The van der Waals surface area contributed by atoms with Crippen LogP contribution in [0.4, 0.5) is 0 Å². The van der Waals surface area contributed by atoms with Crippen molar-refractivity contribution in [2.75, 3.05) is 0 Å². The lowest BCUT2D eigenvalue weighted by atomic mass is 9.69. The zero-order valence-electron chi connectivity index (χ0n) is 7.81. The Bertz CT molecular complexity index is 114. The standard InChI is InChI=1S/C9H19P.BrH/c1-8(2)6-4-5-7-9(8,3)10;/h4-7,10H2,1-3H3;1H. The van der Waals surface area contributed by atoms with E-state index in [1.54, 1.807) is 0 Å². The van der Waals surface area contributed by atoms with Crippen LogP contribution in [0.2, 0.25) is 0 Å². The van der Waals surface area contributed by atoms with Gasteiger partial charge in [-0.25, -0.2) is 0 Å². The normalized spacial score (nSPS) is 36.0. The molecule has 0 aromatic rings. The summed E-state index contributed by atoms with van der Waals surface area (Å²) in [6, 6.07) is 0. The Morgan fingerprint density at radius 1 is 1.00 bits per heavy atom. The molecule has 0 bridgehead atoms. The maximum absolute atomic E-state index is 3.03. The van der Waals surface area contributed by atoms with Gasteiger partial charge in [0, 0.05) is 0 Å². The van der Waals surface area contributed by atoms with Gasteiger partial charge in [0.15, 0.2) is 0 Å². The third kappa shape index (κ3) is 2.42. The maximum Gasteiger partial charge on any atom is -0.0127 e. The van der Waals surface area contributed by atoms with Gasteiger partial charge in [0.25, 0.3) is 0 Å². The minimum absolute atomic E-state index is 0. The summed E-state index contributed by atoms with van der Waals surface area (Å²) in [6.45, 7) is 7.15. The van der Waals surface area contributed by atoms with Crippen molar-refractivity contribution in [3.63, 3.8) is 0 Å². The van der Waals surface area contributed by atoms with Gasteiger partial charge in [0.05, 0.1) is 0 Å². The molecule has 0 heterocycles. The molecule has 11 heavy (non-hydrogen) atoms. The molecule has 0 radical (unpaired) electrons. The smallest absolute Gasteiger partial charge is 0.0127 e. The third-order valence-corrected chi connectivity index (χ3v) is 4.36. The van der Waals surface area contributed by atoms with Crippen molar-refractivity contribution in [3.05, 3.63) is 0 Å². The van der Waals surface area contributed by atoms with Crippen LogP contribution in [0.25, 0.3) is 0 Å². The molecule has 0 nitrogen and oxygen atoms in total. The molecule has 0 aromatic heterocycles. The second-order valence-corrected chi connectivity index (χ2v) is 5.78. The van der Waals surface area contributed by atoms with E-state index in [0.717, 1.165) is 0 Å². The highest BCUT2D eigenvalue weighted by Crippen LogP contribution is 2.48. The van der Waals surface area contributed by atoms with E-state index < -0.39 is 0 Å². The molecule has 2 heteroatoms. The lowest BCUT2D eigenvalue weighted by Crippen LogP contribution is -2.38. The minimum Gasteiger partial charge on any atom is -0.131 e. The SMILES string of the molecule is Br.CC1(C)CCCCC1(C)P. The lowest BCUT2D eigenvalue weighted by molar-refractivity contribution is 0.184. The molecule has 0 aromatic carbocycles. The Labute approximate surface area is 83.5 Å². The van der Waals surface area contributed by atoms with Gasteiger partial charge in [-0.15, -0.1) is 26.2 Å². The summed E-state index contributed by atoms with van der Waals surface area (Å²) < 4.78 is 0. The van der Waals surface area contributed by atoms with Gasteiger partial charge in [0.2, 0.25) is 0 Å². The summed E-state index contributed by atoms with van der Waals surface area (Å²) in [5.74, 6) is 0. The van der Waals surface area contributed by atoms with Crippen LogP contribution in [0.5, 0.6) is 0 Å². The highest BCUT2D eigenvalue weighted by molar-refractivity contribution is 8.93. The first kappa shape index (κ1) is 11.9. The van der Waals surface area contributed by atoms with E-state index >= 15 is 0 Å². The van der Waals surface area contributed by atoms with Crippen molar-refractivity contribution in [2.45, 2.75) is 51.6 Å². The third-order valence-electron chi connectivity index (χ3n) is 3.29. The molecule has 1 fully saturated rings. The molecule has 0 saturated heterocycles. The number of rotatable bonds is 0. The molecule has 1 aliphatic rings. The first-order chi connectivity index (χ1) is 4.46. The van der Waals surface area contributed by atoms with Crippen molar-refractivity contribution >= 4 is 26.2 Å². The second-order valence-electron chi connectivity index (χ2n) is 4.51. The molecule has 2 unspecified atom stereocenters. The van der Waals surface area contributed by atoms with Crippen molar-refractivity contribution in [1.82, 2.24) is 0 Å². The van der Waals surface area contributed by atoms with E-state index in [4.69, 9.17) is 0 Å². The van der Waals surface area contributed by atoms with Gasteiger partial charge in [0.1, 0.15) is 0 Å². The molecule has 0 spiro atoms. The average molecular weight is 239 g/mol. The molecular formula is C9H20BrP. The Morgan fingerprint density at radius 3 is 1.73 bits per heavy atom. The summed E-state index contributed by atoms with van der Waals surface area (Å²) in [4.78, 5) is 0. The first-order valence-corrected chi connectivity index (χ1v) is 4.82. The summed E-state index contributed by atoms with van der Waals surface area (Å²) in [5, 5.41) is 0.491. The molecule has 0 amide bonds. The zero-order valence-corrected chi connectivity index (χ0v) is 10.7. The topological polar surface area (TPSA) is 0 Å². The van der Waals surface area contributed by atoms with Crippen LogP contribution in [0, 0.1) is 5.41 Å². The van der Waals surface area contributed by atoms with Gasteiger partial charge in [-0.2, -0.15) is 0 Å². The van der Waals surface area contributed by atoms with Gasteiger partial charge < -0.3 is 0 Å². The van der Waals surface area contributed by atoms with E-state index in [1.807, 2.05) is 0 Å². The van der Waals surface area contributed by atoms with Crippen LogP contribution >= 0.6 is 26.2 Å². The number of hydrogen-bond donors (Lipinski definition) is 0. The van der Waals surface area contributed by atoms with Gasteiger partial charge in [-0.3, -0.25) is 0 Å². The van der Waals surface area contributed by atoms with Crippen LogP contribution in [-0.2, 0) is 0 Å². The zero-order chi connectivity index (χ0) is 7.83. The van der Waals surface area contributed by atoms with Crippen molar-refractivity contribution in [1.29, 1.82) is 0 Å². The Morgan fingerprint density at radius 2 is 1.45 bits per heavy atom. The van der Waals surface area contributed by atoms with E-state index in [2.05, 4.69) is 30.0 Å². The fraction of sp³-hybridized carbons (Fsp3) is 1.00. The predicted octanol–water partition coefficient (Wildman–Crippen LogP) is 3.80. The predicted molar refractivity (Wildman–Crippen MR) is 60.7 cm³/mol. The quantitative estimate of drug-likeness (QED) is 0.564. The molecule has 2 atom stereocenters. The molecular weight excluding hydrogens is 219 g/mol. The van der Waals surface area contributed by atoms with E-state index in [9.17, 15) is 0 Å². The van der Waals surface area contributed by atoms with E-state index in [-0.39, 0.29) is 17.0 Å². The largest absolute Gasteiger partial charge is 0.131 e. The first-order valence-electron chi connectivity index (χ1n) is 4.25. The minimum atomic E-state index is 0. The van der Waals surface area contributed by atoms with Crippen molar-refractivity contribution in [2.24, 2.45) is 5.41 Å². The second kappa shape index (κ2) is 3.75. The van der Waals surface area contributed by atoms with Crippen molar-refractivity contribution in [3.8, 4) is 0 Å². The van der Waals surface area contributed by atoms with Crippen LogP contribution in [0.3, 0.4) is 0 Å². The highest BCUT2D eigenvalue weighted by Gasteiger charge is 2.38. The van der Waals surface area contributed by atoms with Crippen LogP contribution in [0.15, 0.2) is 0 Å². The van der Waals surface area contributed by atoms with E-state index in [1.165, 1.54) is 25.7 Å². The number of halogens is 1. The fourth-order valence-electron chi connectivity index (χ4n) is 1.68. The van der Waals surface area contributed by atoms with Gasteiger partial charge in [-0.1, -0.05) is 33.6 Å². The number of hydrogen-bond acceptors (Lipinski definition) is 0. The highest BCUT2D eigenvalue weighted by atomic mass is 79.9. The lowest BCUT2D eigenvalue weighted by Gasteiger charge is -2.45. The summed E-state index contributed by atoms with van der Waals surface area (Å²) in [6.07, 6.45) is 5.62. The van der Waals surface area contributed by atoms with Crippen LogP contribution < -0.4 is 0 Å². The summed E-state index contributed by atoms with van der Waals surface area (Å²) >= 11 is 0. The molecule has 1 aliphatic carbocycles. The molecule has 1 rings (SSSR count). The van der Waals surface area contributed by atoms with Crippen LogP contribution in [-0.4, -0.2) is 5.16 Å². The Balaban J connectivity index is 0.000001000. The Kier molecular flexibility index (Phi) is 4.06. The Hall–Kier alpha value is 0.910. The van der Waals surface area contributed by atoms with Crippen molar-refractivity contribution < 1.29 is 0 Å².